The summed E-state index contributed by atoms with van der Waals surface area (Å²) in [6, 6.07) is 19.0. The van der Waals surface area contributed by atoms with Gasteiger partial charge in [-0.25, -0.2) is 9.48 Å². The van der Waals surface area contributed by atoms with Crippen LogP contribution >= 0.6 is 0 Å². The molecule has 0 radical (unpaired) electrons. The van der Waals surface area contributed by atoms with Crippen LogP contribution in [0.5, 0.6) is 5.75 Å². The van der Waals surface area contributed by atoms with E-state index in [2.05, 4.69) is 10.4 Å². The van der Waals surface area contributed by atoms with Crippen LogP contribution in [0.3, 0.4) is 0 Å². The lowest BCUT2D eigenvalue weighted by Crippen LogP contribution is -2.12. The molecule has 0 saturated heterocycles. The second-order valence-electron chi connectivity index (χ2n) is 8.79. The minimum Gasteiger partial charge on any atom is -0.497 e. The summed E-state index contributed by atoms with van der Waals surface area (Å²) in [6.45, 7) is 3.81. The first-order chi connectivity index (χ1) is 17.8. The van der Waals surface area contributed by atoms with Crippen molar-refractivity contribution in [3.8, 4) is 22.8 Å². The van der Waals surface area contributed by atoms with Gasteiger partial charge in [-0.2, -0.15) is 5.10 Å². The van der Waals surface area contributed by atoms with E-state index in [9.17, 15) is 14.7 Å². The SMILES string of the molecule is COc1ccc(-n2cc(-c3cc(=O)c4cc(C)cc(C(C)Nc5ccccc5C(=O)O)c4o3)cn2)cc1. The van der Waals surface area contributed by atoms with Gasteiger partial charge < -0.3 is 19.6 Å². The number of hydrogen-bond donors (Lipinski definition) is 2. The summed E-state index contributed by atoms with van der Waals surface area (Å²) in [5.41, 5.74) is 4.05. The van der Waals surface area contributed by atoms with Crippen LogP contribution in [-0.4, -0.2) is 28.0 Å². The highest BCUT2D eigenvalue weighted by Gasteiger charge is 2.19. The zero-order chi connectivity index (χ0) is 26.1. The third-order valence-electron chi connectivity index (χ3n) is 6.20. The highest BCUT2D eigenvalue weighted by molar-refractivity contribution is 5.94. The molecule has 0 aliphatic heterocycles. The summed E-state index contributed by atoms with van der Waals surface area (Å²) >= 11 is 0. The van der Waals surface area contributed by atoms with E-state index >= 15 is 0 Å². The van der Waals surface area contributed by atoms with Gasteiger partial charge in [0, 0.05) is 23.5 Å². The van der Waals surface area contributed by atoms with Crippen molar-refractivity contribution in [2.45, 2.75) is 19.9 Å². The number of rotatable bonds is 7. The van der Waals surface area contributed by atoms with Crippen LogP contribution in [0.15, 0.2) is 88.3 Å². The zero-order valence-corrected chi connectivity index (χ0v) is 20.6. The van der Waals surface area contributed by atoms with E-state index in [1.54, 1.807) is 54.5 Å². The second-order valence-corrected chi connectivity index (χ2v) is 8.79. The number of benzene rings is 3. The molecule has 0 saturated carbocycles. The van der Waals surface area contributed by atoms with Gasteiger partial charge in [-0.05, 0) is 61.9 Å². The fourth-order valence-electron chi connectivity index (χ4n) is 4.33. The fourth-order valence-corrected chi connectivity index (χ4v) is 4.33. The lowest BCUT2D eigenvalue weighted by Gasteiger charge is -2.19. The molecule has 186 valence electrons. The molecule has 2 N–H and O–H groups in total. The Morgan fingerprint density at radius 2 is 1.86 bits per heavy atom. The highest BCUT2D eigenvalue weighted by Crippen LogP contribution is 2.31. The third-order valence-corrected chi connectivity index (χ3v) is 6.20. The van der Waals surface area contributed by atoms with Crippen molar-refractivity contribution in [2.75, 3.05) is 12.4 Å². The fraction of sp³-hybridized carbons (Fsp3) is 0.138. The Kier molecular flexibility index (Phi) is 6.23. The molecule has 0 bridgehead atoms. The summed E-state index contributed by atoms with van der Waals surface area (Å²) in [4.78, 5) is 24.8. The van der Waals surface area contributed by atoms with Gasteiger partial charge >= 0.3 is 5.97 Å². The molecule has 3 aromatic carbocycles. The van der Waals surface area contributed by atoms with Gasteiger partial charge in [0.1, 0.15) is 17.1 Å². The molecule has 0 aliphatic carbocycles. The lowest BCUT2D eigenvalue weighted by atomic mass is 10.0. The van der Waals surface area contributed by atoms with Crippen molar-refractivity contribution in [1.82, 2.24) is 9.78 Å². The number of ether oxygens (including phenoxy) is 1. The van der Waals surface area contributed by atoms with Gasteiger partial charge in [-0.3, -0.25) is 4.79 Å². The van der Waals surface area contributed by atoms with Gasteiger partial charge in [0.2, 0.25) is 0 Å². The normalized spacial score (nSPS) is 11.9. The molecule has 8 heteroatoms. The number of nitrogens with one attached hydrogen (secondary N) is 1. The molecule has 8 nitrogen and oxygen atoms in total. The molecule has 1 atom stereocenters. The van der Waals surface area contributed by atoms with Gasteiger partial charge in [-0.1, -0.05) is 18.2 Å². The quantitative estimate of drug-likeness (QED) is 0.292. The predicted molar refractivity (Wildman–Crippen MR) is 142 cm³/mol. The molecular formula is C29H25N3O5. The van der Waals surface area contributed by atoms with Crippen LogP contribution in [0.4, 0.5) is 5.69 Å². The van der Waals surface area contributed by atoms with Crippen molar-refractivity contribution < 1.29 is 19.1 Å². The van der Waals surface area contributed by atoms with Crippen molar-refractivity contribution in [1.29, 1.82) is 0 Å². The van der Waals surface area contributed by atoms with Gasteiger partial charge in [0.05, 0.1) is 41.5 Å². The molecule has 1 unspecified atom stereocenters. The molecule has 0 fully saturated rings. The largest absolute Gasteiger partial charge is 0.497 e. The first-order valence-corrected chi connectivity index (χ1v) is 11.7. The Balaban J connectivity index is 1.56. The summed E-state index contributed by atoms with van der Waals surface area (Å²) in [5, 5.41) is 17.7. The predicted octanol–water partition coefficient (Wildman–Crippen LogP) is 5.83. The summed E-state index contributed by atoms with van der Waals surface area (Å²) in [5.74, 6) is 0.112. The number of fused-ring (bicyclic) bond motifs is 1. The Morgan fingerprint density at radius 1 is 1.11 bits per heavy atom. The monoisotopic (exact) mass is 495 g/mol. The highest BCUT2D eigenvalue weighted by atomic mass is 16.5. The molecule has 2 heterocycles. The van der Waals surface area contributed by atoms with Gasteiger partial charge in [0.15, 0.2) is 5.43 Å². The van der Waals surface area contributed by atoms with E-state index in [1.165, 1.54) is 6.07 Å². The number of methoxy groups -OCH3 is 1. The minimum absolute atomic E-state index is 0.166. The van der Waals surface area contributed by atoms with Crippen LogP contribution in [0, 0.1) is 6.92 Å². The number of anilines is 1. The maximum absolute atomic E-state index is 13.1. The second kappa shape index (κ2) is 9.66. The number of para-hydroxylation sites is 1. The van der Waals surface area contributed by atoms with E-state index < -0.39 is 5.97 Å². The number of carbonyl (C=O) groups is 1. The van der Waals surface area contributed by atoms with Crippen LogP contribution in [0.1, 0.15) is 34.5 Å². The average molecular weight is 496 g/mol. The van der Waals surface area contributed by atoms with Crippen molar-refractivity contribution in [2.24, 2.45) is 0 Å². The van der Waals surface area contributed by atoms with Crippen LogP contribution in [0.25, 0.3) is 28.0 Å². The maximum Gasteiger partial charge on any atom is 0.337 e. The molecule has 5 rings (SSSR count). The zero-order valence-electron chi connectivity index (χ0n) is 20.6. The molecular weight excluding hydrogens is 470 g/mol. The molecule has 37 heavy (non-hydrogen) atoms. The number of hydrogen-bond acceptors (Lipinski definition) is 6. The van der Waals surface area contributed by atoms with E-state index in [0.29, 0.717) is 28.0 Å². The van der Waals surface area contributed by atoms with E-state index in [0.717, 1.165) is 22.6 Å². The average Bonchev–Trinajstić information content (AvgIpc) is 3.39. The number of carboxylic acid groups (broad SMARTS) is 1. The van der Waals surface area contributed by atoms with Crippen LogP contribution in [-0.2, 0) is 0 Å². The van der Waals surface area contributed by atoms with Crippen molar-refractivity contribution in [3.63, 3.8) is 0 Å². The Bertz CT molecular complexity index is 1670. The molecule has 0 spiro atoms. The number of nitrogens with zero attached hydrogens (tertiary/aromatic N) is 2. The topological polar surface area (TPSA) is 107 Å². The van der Waals surface area contributed by atoms with E-state index in [-0.39, 0.29) is 17.0 Å². The number of aromatic carboxylic acids is 1. The number of carboxylic acids is 1. The lowest BCUT2D eigenvalue weighted by molar-refractivity contribution is 0.0698. The summed E-state index contributed by atoms with van der Waals surface area (Å²) in [7, 11) is 1.61. The third kappa shape index (κ3) is 4.69. The first kappa shape index (κ1) is 23.9. The van der Waals surface area contributed by atoms with Crippen LogP contribution < -0.4 is 15.5 Å². The van der Waals surface area contributed by atoms with Crippen molar-refractivity contribution in [3.05, 3.63) is 106 Å². The van der Waals surface area contributed by atoms with Gasteiger partial charge in [-0.15, -0.1) is 0 Å². The molecule has 0 aliphatic rings. The minimum atomic E-state index is -1.02. The first-order valence-electron chi connectivity index (χ1n) is 11.7. The smallest absolute Gasteiger partial charge is 0.337 e. The molecule has 2 aromatic heterocycles. The Hall–Kier alpha value is -4.85. The maximum atomic E-state index is 13.1. The molecule has 5 aromatic rings. The van der Waals surface area contributed by atoms with Crippen molar-refractivity contribution >= 4 is 22.6 Å². The Labute approximate surface area is 212 Å². The number of aromatic nitrogens is 2. The van der Waals surface area contributed by atoms with E-state index in [4.69, 9.17) is 9.15 Å². The molecule has 0 amide bonds. The number of aryl methyl sites for hydroxylation is 1. The van der Waals surface area contributed by atoms with Crippen LogP contribution in [0.2, 0.25) is 0 Å². The Morgan fingerprint density at radius 3 is 2.59 bits per heavy atom. The standard InChI is InChI=1S/C29H25N3O5/c1-17-12-23(18(2)31-25-7-5-4-6-22(25)29(34)35)28-24(13-17)26(33)14-27(37-28)19-15-30-32(16-19)20-8-10-21(36-3)11-9-20/h4-16,18,31H,1-3H3,(H,34,35). The van der Waals surface area contributed by atoms with Gasteiger partial charge in [0.25, 0.3) is 0 Å². The summed E-state index contributed by atoms with van der Waals surface area (Å²) < 4.78 is 13.2. The van der Waals surface area contributed by atoms with E-state index in [1.807, 2.05) is 44.2 Å². The summed E-state index contributed by atoms with van der Waals surface area (Å²) in [6.07, 6.45) is 3.44.